The third-order valence-electron chi connectivity index (χ3n) is 5.18. The predicted molar refractivity (Wildman–Crippen MR) is 116 cm³/mol. The van der Waals surface area contributed by atoms with Crippen LogP contribution in [0.4, 0.5) is 5.69 Å². The molecular weight excluding hydrogens is 364 g/mol. The second kappa shape index (κ2) is 7.99. The zero-order valence-corrected chi connectivity index (χ0v) is 18.1. The molecule has 5 heteroatoms. The van der Waals surface area contributed by atoms with Crippen LogP contribution in [0.2, 0.25) is 0 Å². The first-order valence-corrected chi connectivity index (χ1v) is 10.0. The number of nitrogens with one attached hydrogen (secondary N) is 1. The van der Waals surface area contributed by atoms with Crippen molar-refractivity contribution in [3.63, 3.8) is 0 Å². The van der Waals surface area contributed by atoms with Crippen LogP contribution in [-0.4, -0.2) is 36.3 Å². The molecule has 0 saturated heterocycles. The highest BCUT2D eigenvalue weighted by Crippen LogP contribution is 2.34. The van der Waals surface area contributed by atoms with Gasteiger partial charge in [0.2, 0.25) is 0 Å². The van der Waals surface area contributed by atoms with Gasteiger partial charge in [-0.2, -0.15) is 0 Å². The number of benzene rings is 2. The summed E-state index contributed by atoms with van der Waals surface area (Å²) in [7, 11) is 2.11. The number of amides is 1. The number of likely N-dealkylation sites (N-methyl/N-ethyl adjacent to an activating group) is 1. The van der Waals surface area contributed by atoms with Crippen LogP contribution in [0.25, 0.3) is 0 Å². The van der Waals surface area contributed by atoms with Crippen molar-refractivity contribution in [3.8, 4) is 5.75 Å². The lowest BCUT2D eigenvalue weighted by atomic mass is 9.78. The summed E-state index contributed by atoms with van der Waals surface area (Å²) in [6.45, 7) is 11.6. The number of hydrogen-bond donors (Lipinski definition) is 1. The Balaban J connectivity index is 1.85. The van der Waals surface area contributed by atoms with Crippen LogP contribution in [0, 0.1) is 0 Å². The van der Waals surface area contributed by atoms with Gasteiger partial charge in [0.1, 0.15) is 5.75 Å². The quantitative estimate of drug-likeness (QED) is 0.750. The van der Waals surface area contributed by atoms with Crippen LogP contribution in [0.5, 0.6) is 5.75 Å². The summed E-state index contributed by atoms with van der Waals surface area (Å²) in [6.07, 6.45) is -0.0503. The Kier molecular flexibility index (Phi) is 5.80. The molecule has 154 valence electrons. The van der Waals surface area contributed by atoms with E-state index in [0.29, 0.717) is 16.9 Å². The van der Waals surface area contributed by atoms with E-state index in [2.05, 4.69) is 37.2 Å². The molecule has 0 saturated carbocycles. The Morgan fingerprint density at radius 1 is 1.14 bits per heavy atom. The van der Waals surface area contributed by atoms with Crippen LogP contribution >= 0.6 is 0 Å². The monoisotopic (exact) mass is 394 g/mol. The van der Waals surface area contributed by atoms with Gasteiger partial charge in [-0.25, -0.2) is 0 Å². The van der Waals surface area contributed by atoms with Gasteiger partial charge in [-0.05, 0) is 69.3 Å². The van der Waals surface area contributed by atoms with Gasteiger partial charge in [-0.3, -0.25) is 9.59 Å². The number of carbonyl (C=O) groups is 2. The van der Waals surface area contributed by atoms with E-state index in [1.807, 2.05) is 26.0 Å². The maximum atomic E-state index is 12.8. The molecule has 0 bridgehead atoms. The molecule has 1 amide bonds. The first kappa shape index (κ1) is 21.1. The molecule has 0 fully saturated rings. The average molecular weight is 395 g/mol. The summed E-state index contributed by atoms with van der Waals surface area (Å²) < 4.78 is 5.69. The zero-order valence-electron chi connectivity index (χ0n) is 18.1. The number of rotatable bonds is 5. The Bertz CT molecular complexity index is 947. The van der Waals surface area contributed by atoms with Crippen molar-refractivity contribution < 1.29 is 14.3 Å². The molecule has 0 aliphatic carbocycles. The molecule has 0 spiro atoms. The van der Waals surface area contributed by atoms with Gasteiger partial charge in [0.25, 0.3) is 5.91 Å². The molecule has 1 aliphatic heterocycles. The van der Waals surface area contributed by atoms with E-state index in [0.717, 1.165) is 18.8 Å². The van der Waals surface area contributed by atoms with Crippen molar-refractivity contribution in [3.05, 3.63) is 58.7 Å². The summed E-state index contributed by atoms with van der Waals surface area (Å²) in [5, 5.41) is 2.97. The minimum atomic E-state index is -0.244. The van der Waals surface area contributed by atoms with Crippen LogP contribution in [0.1, 0.15) is 66.5 Å². The SMILES string of the molecule is CC(=O)c1cc(C(=O)Nc2ccc3c(c2)CN(C)CC3(C)C)ccc1OC(C)C. The topological polar surface area (TPSA) is 58.6 Å². The van der Waals surface area contributed by atoms with Crippen molar-refractivity contribution in [1.82, 2.24) is 4.90 Å². The molecule has 0 unspecified atom stereocenters. The van der Waals surface area contributed by atoms with Gasteiger partial charge in [0, 0.05) is 29.8 Å². The minimum absolute atomic E-state index is 0.0503. The molecule has 2 aromatic carbocycles. The van der Waals surface area contributed by atoms with Crippen molar-refractivity contribution in [2.75, 3.05) is 18.9 Å². The summed E-state index contributed by atoms with van der Waals surface area (Å²) in [5.74, 6) is 0.129. The molecule has 1 aliphatic rings. The van der Waals surface area contributed by atoms with E-state index < -0.39 is 0 Å². The highest BCUT2D eigenvalue weighted by atomic mass is 16.5. The lowest BCUT2D eigenvalue weighted by Crippen LogP contribution is -2.39. The molecule has 29 heavy (non-hydrogen) atoms. The number of hydrogen-bond acceptors (Lipinski definition) is 4. The Hall–Kier alpha value is -2.66. The fourth-order valence-electron chi connectivity index (χ4n) is 4.08. The van der Waals surface area contributed by atoms with Crippen molar-refractivity contribution in [1.29, 1.82) is 0 Å². The predicted octanol–water partition coefficient (Wildman–Crippen LogP) is 4.65. The summed E-state index contributed by atoms with van der Waals surface area (Å²) in [4.78, 5) is 27.1. The van der Waals surface area contributed by atoms with Crippen molar-refractivity contribution >= 4 is 17.4 Å². The number of anilines is 1. The largest absolute Gasteiger partial charge is 0.490 e. The van der Waals surface area contributed by atoms with Gasteiger partial charge < -0.3 is 15.0 Å². The first-order valence-electron chi connectivity index (χ1n) is 10.0. The van der Waals surface area contributed by atoms with Crippen LogP contribution in [0.15, 0.2) is 36.4 Å². The fraction of sp³-hybridized carbons (Fsp3) is 0.417. The van der Waals surface area contributed by atoms with E-state index in [-0.39, 0.29) is 23.2 Å². The summed E-state index contributed by atoms with van der Waals surface area (Å²) >= 11 is 0. The molecule has 5 nitrogen and oxygen atoms in total. The minimum Gasteiger partial charge on any atom is -0.490 e. The Morgan fingerprint density at radius 3 is 2.52 bits per heavy atom. The van der Waals surface area contributed by atoms with Gasteiger partial charge in [-0.15, -0.1) is 0 Å². The first-order chi connectivity index (χ1) is 13.6. The number of ether oxygens (including phenoxy) is 1. The number of nitrogens with zero attached hydrogens (tertiary/aromatic N) is 1. The maximum Gasteiger partial charge on any atom is 0.255 e. The van der Waals surface area contributed by atoms with Crippen LogP contribution < -0.4 is 10.1 Å². The molecule has 3 rings (SSSR count). The van der Waals surface area contributed by atoms with Crippen LogP contribution in [0.3, 0.4) is 0 Å². The third-order valence-corrected chi connectivity index (χ3v) is 5.18. The lowest BCUT2D eigenvalue weighted by molar-refractivity contribution is 0.101. The standard InChI is InChI=1S/C24H30N2O3/c1-15(2)29-22-10-7-17(12-20(22)16(3)27)23(28)25-19-8-9-21-18(11-19)13-26(6)14-24(21,4)5/h7-12,15H,13-14H2,1-6H3,(H,25,28). The molecule has 0 atom stereocenters. The second-order valence-corrected chi connectivity index (χ2v) is 8.82. The number of fused-ring (bicyclic) bond motifs is 1. The zero-order chi connectivity index (χ0) is 21.3. The highest BCUT2D eigenvalue weighted by molar-refractivity contribution is 6.07. The smallest absolute Gasteiger partial charge is 0.255 e. The molecule has 1 N–H and O–H groups in total. The summed E-state index contributed by atoms with van der Waals surface area (Å²) in [6, 6.07) is 11.1. The number of carbonyl (C=O) groups excluding carboxylic acids is 2. The van der Waals surface area contributed by atoms with E-state index in [9.17, 15) is 9.59 Å². The van der Waals surface area contributed by atoms with E-state index >= 15 is 0 Å². The van der Waals surface area contributed by atoms with Crippen molar-refractivity contribution in [2.24, 2.45) is 0 Å². The molecule has 0 radical (unpaired) electrons. The summed E-state index contributed by atoms with van der Waals surface area (Å²) in [5.41, 5.74) is 4.23. The molecular formula is C24H30N2O3. The van der Waals surface area contributed by atoms with Gasteiger partial charge >= 0.3 is 0 Å². The normalized spacial score (nSPS) is 15.7. The van der Waals surface area contributed by atoms with Crippen LogP contribution in [-0.2, 0) is 12.0 Å². The Morgan fingerprint density at radius 2 is 1.86 bits per heavy atom. The van der Waals surface area contributed by atoms with Gasteiger partial charge in [0.05, 0.1) is 11.7 Å². The third kappa shape index (κ3) is 4.67. The van der Waals surface area contributed by atoms with E-state index in [4.69, 9.17) is 4.74 Å². The van der Waals surface area contributed by atoms with Crippen molar-refractivity contribution in [2.45, 2.75) is 52.7 Å². The highest BCUT2D eigenvalue weighted by Gasteiger charge is 2.30. The van der Waals surface area contributed by atoms with E-state index in [1.165, 1.54) is 18.1 Å². The molecule has 0 aromatic heterocycles. The van der Waals surface area contributed by atoms with Gasteiger partial charge in [-0.1, -0.05) is 19.9 Å². The molecule has 2 aromatic rings. The average Bonchev–Trinajstić information content (AvgIpc) is 2.60. The Labute approximate surface area is 173 Å². The van der Waals surface area contributed by atoms with E-state index in [1.54, 1.807) is 18.2 Å². The number of ketones is 1. The maximum absolute atomic E-state index is 12.8. The fourth-order valence-corrected chi connectivity index (χ4v) is 4.08. The van der Waals surface area contributed by atoms with Gasteiger partial charge in [0.15, 0.2) is 5.78 Å². The lowest BCUT2D eigenvalue weighted by Gasteiger charge is -2.38. The molecule has 1 heterocycles. The number of Topliss-reactive ketones (excluding diaryl/α,β-unsaturated/α-hetero) is 1. The second-order valence-electron chi connectivity index (χ2n) is 8.82.